The van der Waals surface area contributed by atoms with Gasteiger partial charge in [0.25, 0.3) is 5.91 Å². The molecule has 0 unspecified atom stereocenters. The van der Waals surface area contributed by atoms with Crippen LogP contribution in [-0.2, 0) is 10.0 Å². The van der Waals surface area contributed by atoms with E-state index in [0.29, 0.717) is 11.3 Å². The Hall–Kier alpha value is -1.67. The number of nitrogens with zero attached hydrogens (tertiary/aromatic N) is 1. The summed E-state index contributed by atoms with van der Waals surface area (Å²) in [6, 6.07) is 2.97. The van der Waals surface area contributed by atoms with E-state index < -0.39 is 15.9 Å². The minimum Gasteiger partial charge on any atom is -0.384 e. The molecule has 1 rings (SSSR count). The van der Waals surface area contributed by atoms with E-state index in [1.165, 1.54) is 6.07 Å². The number of hydrogen-bond acceptors (Lipinski definition) is 5. The van der Waals surface area contributed by atoms with Crippen molar-refractivity contribution in [1.29, 1.82) is 0 Å². The third-order valence-electron chi connectivity index (χ3n) is 1.91. The van der Waals surface area contributed by atoms with Crippen LogP contribution in [-0.4, -0.2) is 31.6 Å². The van der Waals surface area contributed by atoms with E-state index in [-0.39, 0.29) is 18.1 Å². The number of carbonyl (C=O) groups is 1. The van der Waals surface area contributed by atoms with Crippen LogP contribution in [0.2, 0.25) is 0 Å². The number of aryl methyl sites for hydroxylation is 1. The van der Waals surface area contributed by atoms with Gasteiger partial charge in [0.1, 0.15) is 5.82 Å². The Labute approximate surface area is 99.3 Å². The number of nitrogens with two attached hydrogens (primary N) is 2. The predicted molar refractivity (Wildman–Crippen MR) is 63.7 cm³/mol. The van der Waals surface area contributed by atoms with Crippen LogP contribution in [0, 0.1) is 6.92 Å². The molecule has 8 heteroatoms. The fraction of sp³-hybridized carbons (Fsp3) is 0.333. The summed E-state index contributed by atoms with van der Waals surface area (Å²) < 4.78 is 21.3. The van der Waals surface area contributed by atoms with Gasteiger partial charge in [-0.3, -0.25) is 4.79 Å². The first-order valence-electron chi connectivity index (χ1n) is 4.81. The monoisotopic (exact) mass is 258 g/mol. The minimum atomic E-state index is -3.57. The van der Waals surface area contributed by atoms with Crippen LogP contribution in [0.3, 0.4) is 0 Å². The summed E-state index contributed by atoms with van der Waals surface area (Å²) >= 11 is 0. The molecule has 0 aliphatic rings. The Morgan fingerprint density at radius 2 is 2.12 bits per heavy atom. The van der Waals surface area contributed by atoms with Crippen LogP contribution in [0.1, 0.15) is 16.1 Å². The third-order valence-corrected chi connectivity index (χ3v) is 2.68. The number of primary sulfonamides is 1. The number of hydrogen-bond donors (Lipinski definition) is 3. The summed E-state index contributed by atoms with van der Waals surface area (Å²) in [5.74, 6) is -0.481. The van der Waals surface area contributed by atoms with Gasteiger partial charge in [0, 0.05) is 17.8 Å². The Bertz CT molecular complexity index is 507. The average Bonchev–Trinajstić information content (AvgIpc) is 2.13. The minimum absolute atomic E-state index is 0.0427. The van der Waals surface area contributed by atoms with E-state index in [1.807, 2.05) is 0 Å². The predicted octanol–water partition coefficient (Wildman–Crippen LogP) is -1.01. The zero-order valence-corrected chi connectivity index (χ0v) is 10.1. The van der Waals surface area contributed by atoms with E-state index >= 15 is 0 Å². The lowest BCUT2D eigenvalue weighted by Crippen LogP contribution is -2.31. The molecule has 5 N–H and O–H groups in total. The number of nitrogens with one attached hydrogen (secondary N) is 1. The lowest BCUT2D eigenvalue weighted by molar-refractivity contribution is 0.0956. The van der Waals surface area contributed by atoms with E-state index in [4.69, 9.17) is 10.9 Å². The molecule has 1 amide bonds. The topological polar surface area (TPSA) is 128 Å². The highest BCUT2D eigenvalue weighted by atomic mass is 32.2. The van der Waals surface area contributed by atoms with Crippen molar-refractivity contribution in [3.8, 4) is 0 Å². The first-order chi connectivity index (χ1) is 7.78. The van der Waals surface area contributed by atoms with Gasteiger partial charge in [-0.1, -0.05) is 0 Å². The number of nitrogen functional groups attached to an aromatic ring is 1. The van der Waals surface area contributed by atoms with Crippen LogP contribution >= 0.6 is 0 Å². The largest absolute Gasteiger partial charge is 0.384 e. The van der Waals surface area contributed by atoms with Crippen LogP contribution < -0.4 is 16.2 Å². The zero-order valence-electron chi connectivity index (χ0n) is 9.30. The second-order valence-corrected chi connectivity index (χ2v) is 5.28. The summed E-state index contributed by atoms with van der Waals surface area (Å²) in [4.78, 5) is 15.5. The molecule has 7 nitrogen and oxygen atoms in total. The summed E-state index contributed by atoms with van der Waals surface area (Å²) in [5, 5.41) is 7.23. The van der Waals surface area contributed by atoms with Gasteiger partial charge < -0.3 is 11.1 Å². The van der Waals surface area contributed by atoms with Crippen LogP contribution in [0.5, 0.6) is 0 Å². The maximum absolute atomic E-state index is 11.6. The van der Waals surface area contributed by atoms with Crippen LogP contribution in [0.4, 0.5) is 5.82 Å². The van der Waals surface area contributed by atoms with Crippen molar-refractivity contribution < 1.29 is 13.2 Å². The van der Waals surface area contributed by atoms with Crippen LogP contribution in [0.15, 0.2) is 12.1 Å². The Morgan fingerprint density at radius 3 is 2.65 bits per heavy atom. The van der Waals surface area contributed by atoms with Gasteiger partial charge in [0.05, 0.1) is 5.75 Å². The number of pyridine rings is 1. The lowest BCUT2D eigenvalue weighted by atomic mass is 10.2. The molecule has 0 saturated heterocycles. The Morgan fingerprint density at radius 1 is 1.47 bits per heavy atom. The van der Waals surface area contributed by atoms with Crippen molar-refractivity contribution in [2.24, 2.45) is 5.14 Å². The molecule has 0 saturated carbocycles. The maximum Gasteiger partial charge on any atom is 0.251 e. The van der Waals surface area contributed by atoms with Crippen molar-refractivity contribution in [3.05, 3.63) is 23.4 Å². The van der Waals surface area contributed by atoms with E-state index in [9.17, 15) is 13.2 Å². The quantitative estimate of drug-likeness (QED) is 0.637. The molecule has 0 fully saturated rings. The number of carbonyl (C=O) groups excluding carboxylic acids is 1. The summed E-state index contributed by atoms with van der Waals surface area (Å²) in [6.07, 6.45) is 0. The molecule has 0 radical (unpaired) electrons. The number of anilines is 1. The molecule has 0 spiro atoms. The van der Waals surface area contributed by atoms with Crippen LogP contribution in [0.25, 0.3) is 0 Å². The smallest absolute Gasteiger partial charge is 0.251 e. The normalized spacial score (nSPS) is 11.2. The Balaban J connectivity index is 2.64. The molecule has 1 heterocycles. The van der Waals surface area contributed by atoms with E-state index in [2.05, 4.69) is 10.3 Å². The lowest BCUT2D eigenvalue weighted by Gasteiger charge is -2.05. The molecular formula is C9H14N4O3S. The van der Waals surface area contributed by atoms with Gasteiger partial charge in [-0.15, -0.1) is 0 Å². The highest BCUT2D eigenvalue weighted by Crippen LogP contribution is 2.06. The second kappa shape index (κ2) is 5.11. The van der Waals surface area contributed by atoms with Crippen molar-refractivity contribution in [1.82, 2.24) is 10.3 Å². The second-order valence-electron chi connectivity index (χ2n) is 3.54. The number of sulfonamides is 1. The molecule has 0 aromatic carbocycles. The molecule has 1 aromatic heterocycles. The number of amides is 1. The third kappa shape index (κ3) is 4.79. The summed E-state index contributed by atoms with van der Waals surface area (Å²) in [7, 11) is -3.57. The highest BCUT2D eigenvalue weighted by Gasteiger charge is 2.09. The summed E-state index contributed by atoms with van der Waals surface area (Å²) in [6.45, 7) is 1.66. The Kier molecular flexibility index (Phi) is 4.02. The molecule has 0 aliphatic carbocycles. The first-order valence-corrected chi connectivity index (χ1v) is 6.52. The van der Waals surface area contributed by atoms with Gasteiger partial charge in [-0.05, 0) is 19.1 Å². The van der Waals surface area contributed by atoms with Crippen molar-refractivity contribution in [2.75, 3.05) is 18.0 Å². The van der Waals surface area contributed by atoms with Gasteiger partial charge in [-0.2, -0.15) is 0 Å². The van der Waals surface area contributed by atoms with Gasteiger partial charge >= 0.3 is 0 Å². The first kappa shape index (κ1) is 13.4. The average molecular weight is 258 g/mol. The molecule has 0 atom stereocenters. The SMILES string of the molecule is Cc1cc(C(=O)NCCS(N)(=O)=O)cc(N)n1. The molecule has 94 valence electrons. The zero-order chi connectivity index (χ0) is 13.1. The van der Waals surface area contributed by atoms with Gasteiger partial charge in [0.15, 0.2) is 0 Å². The molecule has 0 bridgehead atoms. The standard InChI is InChI=1S/C9H14N4O3S/c1-6-4-7(5-8(10)13-6)9(14)12-2-3-17(11,15)16/h4-5H,2-3H2,1H3,(H2,10,13)(H,12,14)(H2,11,15,16). The fourth-order valence-electron chi connectivity index (χ4n) is 1.23. The van der Waals surface area contributed by atoms with Gasteiger partial charge in [0.2, 0.25) is 10.0 Å². The number of rotatable bonds is 4. The van der Waals surface area contributed by atoms with Crippen molar-refractivity contribution >= 4 is 21.7 Å². The summed E-state index contributed by atoms with van der Waals surface area (Å²) in [5.41, 5.74) is 6.44. The molecule has 17 heavy (non-hydrogen) atoms. The molecule has 1 aromatic rings. The van der Waals surface area contributed by atoms with Crippen molar-refractivity contribution in [2.45, 2.75) is 6.92 Å². The maximum atomic E-state index is 11.6. The molecule has 0 aliphatic heterocycles. The fourth-order valence-corrected chi connectivity index (χ4v) is 1.62. The van der Waals surface area contributed by atoms with E-state index in [0.717, 1.165) is 0 Å². The van der Waals surface area contributed by atoms with E-state index in [1.54, 1.807) is 13.0 Å². The van der Waals surface area contributed by atoms with Gasteiger partial charge in [-0.25, -0.2) is 18.5 Å². The number of aromatic nitrogens is 1. The molecular weight excluding hydrogens is 244 g/mol. The van der Waals surface area contributed by atoms with Crippen molar-refractivity contribution in [3.63, 3.8) is 0 Å². The highest BCUT2D eigenvalue weighted by molar-refractivity contribution is 7.89.